The Morgan fingerprint density at radius 3 is 2.69 bits per heavy atom. The Morgan fingerprint density at radius 1 is 1.07 bits per heavy atom. The van der Waals surface area contributed by atoms with Crippen LogP contribution in [0.4, 0.5) is 0 Å². The van der Waals surface area contributed by atoms with Gasteiger partial charge in [-0.3, -0.25) is 9.59 Å². The van der Waals surface area contributed by atoms with Gasteiger partial charge in [0.2, 0.25) is 0 Å². The fourth-order valence-corrected chi connectivity index (χ4v) is 4.18. The molecule has 1 aromatic carbocycles. The van der Waals surface area contributed by atoms with Crippen LogP contribution in [0, 0.1) is 0 Å². The van der Waals surface area contributed by atoms with E-state index in [1.807, 2.05) is 24.3 Å². The third-order valence-electron chi connectivity index (χ3n) is 5.71. The number of H-pyrrole nitrogens is 2. The first-order chi connectivity index (χ1) is 14.2. The van der Waals surface area contributed by atoms with Crippen molar-refractivity contribution in [2.24, 2.45) is 0 Å². The monoisotopic (exact) mass is 388 g/mol. The second-order valence-electron chi connectivity index (χ2n) is 7.50. The minimum absolute atomic E-state index is 0.116. The molecule has 4 aromatic rings. The van der Waals surface area contributed by atoms with Gasteiger partial charge in [0, 0.05) is 23.5 Å². The van der Waals surface area contributed by atoms with Crippen LogP contribution >= 0.6 is 0 Å². The molecule has 3 N–H and O–H groups in total. The molecule has 1 aliphatic carbocycles. The van der Waals surface area contributed by atoms with E-state index in [1.165, 1.54) is 0 Å². The molecule has 1 saturated carbocycles. The zero-order valence-electron chi connectivity index (χ0n) is 15.7. The average molecular weight is 388 g/mol. The van der Waals surface area contributed by atoms with Crippen LogP contribution < -0.4 is 10.9 Å². The predicted molar refractivity (Wildman–Crippen MR) is 109 cm³/mol. The molecule has 0 saturated heterocycles. The first kappa shape index (κ1) is 17.5. The lowest BCUT2D eigenvalue weighted by Gasteiger charge is -2.29. The molecular weight excluding hydrogens is 368 g/mol. The number of aromatic nitrogens is 5. The second kappa shape index (κ2) is 7.12. The van der Waals surface area contributed by atoms with Crippen molar-refractivity contribution >= 4 is 27.8 Å². The van der Waals surface area contributed by atoms with E-state index in [-0.39, 0.29) is 23.4 Å². The molecular formula is C21H20N6O2. The van der Waals surface area contributed by atoms with Gasteiger partial charge in [-0.25, -0.2) is 15.1 Å². The maximum atomic E-state index is 12.6. The molecule has 8 heteroatoms. The van der Waals surface area contributed by atoms with Crippen molar-refractivity contribution in [1.29, 1.82) is 0 Å². The number of rotatable bonds is 3. The van der Waals surface area contributed by atoms with E-state index >= 15 is 0 Å². The zero-order valence-corrected chi connectivity index (χ0v) is 15.7. The Hall–Kier alpha value is -3.55. The third-order valence-corrected chi connectivity index (χ3v) is 5.71. The number of carbonyl (C=O) groups is 1. The minimum atomic E-state index is -0.159. The highest BCUT2D eigenvalue weighted by molar-refractivity contribution is 5.96. The molecule has 0 spiro atoms. The summed E-state index contributed by atoms with van der Waals surface area (Å²) >= 11 is 0. The Morgan fingerprint density at radius 2 is 1.86 bits per heavy atom. The van der Waals surface area contributed by atoms with Gasteiger partial charge in [-0.15, -0.1) is 0 Å². The number of hydrogen-bond acceptors (Lipinski definition) is 5. The van der Waals surface area contributed by atoms with Gasteiger partial charge in [-0.05, 0) is 37.8 Å². The zero-order chi connectivity index (χ0) is 19.8. The van der Waals surface area contributed by atoms with Crippen LogP contribution in [0.5, 0.6) is 0 Å². The molecule has 0 atom stereocenters. The number of aromatic amines is 2. The third kappa shape index (κ3) is 3.26. The summed E-state index contributed by atoms with van der Waals surface area (Å²) in [5, 5.41) is 11.7. The molecule has 146 valence electrons. The lowest BCUT2D eigenvalue weighted by molar-refractivity contribution is 0.0925. The Labute approximate surface area is 165 Å². The summed E-state index contributed by atoms with van der Waals surface area (Å²) in [6.45, 7) is 0. The van der Waals surface area contributed by atoms with Gasteiger partial charge in [-0.2, -0.15) is 5.10 Å². The topological polar surface area (TPSA) is 116 Å². The number of benzene rings is 1. The van der Waals surface area contributed by atoms with Crippen molar-refractivity contribution in [2.45, 2.75) is 37.6 Å². The minimum Gasteiger partial charge on any atom is -0.349 e. The Bertz CT molecular complexity index is 1250. The summed E-state index contributed by atoms with van der Waals surface area (Å²) in [6, 6.07) is 9.47. The van der Waals surface area contributed by atoms with Gasteiger partial charge in [0.15, 0.2) is 5.65 Å². The lowest BCUT2D eigenvalue weighted by Crippen LogP contribution is -2.37. The molecule has 8 nitrogen and oxygen atoms in total. The number of imidazole rings is 1. The number of nitrogens with zero attached hydrogens (tertiary/aromatic N) is 3. The van der Waals surface area contributed by atoms with Gasteiger partial charge in [0.1, 0.15) is 0 Å². The average Bonchev–Trinajstić information content (AvgIpc) is 3.23. The van der Waals surface area contributed by atoms with Crippen LogP contribution in [-0.4, -0.2) is 37.1 Å². The molecule has 29 heavy (non-hydrogen) atoms. The van der Waals surface area contributed by atoms with Gasteiger partial charge in [0.05, 0.1) is 28.5 Å². The molecule has 0 unspecified atom stereocenters. The molecule has 1 amide bonds. The standard InChI is InChI=1S/C21H20N6O2/c28-20(13-9-17-19(22-10-13)24-11-23-17)25-14-7-5-12(6-8-14)18-15-3-1-2-4-16(15)21(29)27-26-18/h1-4,9-12,14H,5-8H2,(H,25,28)(H,27,29)(H,22,23,24). The van der Waals surface area contributed by atoms with E-state index in [9.17, 15) is 9.59 Å². The number of amides is 1. The van der Waals surface area contributed by atoms with E-state index in [1.54, 1.807) is 18.6 Å². The SMILES string of the molecule is O=C(NC1CCC(c2n[nH]c(=O)c3ccccc23)CC1)c1cnc2nc[nH]c2c1. The molecule has 3 heterocycles. The molecule has 0 aliphatic heterocycles. The largest absolute Gasteiger partial charge is 0.349 e. The van der Waals surface area contributed by atoms with Crippen LogP contribution in [0.3, 0.4) is 0 Å². The second-order valence-corrected chi connectivity index (χ2v) is 7.50. The predicted octanol–water partition coefficient (Wildman–Crippen LogP) is 2.65. The summed E-state index contributed by atoms with van der Waals surface area (Å²) in [6.07, 6.45) is 6.67. The highest BCUT2D eigenvalue weighted by atomic mass is 16.1. The summed E-state index contributed by atoms with van der Waals surface area (Å²) in [7, 11) is 0. The summed E-state index contributed by atoms with van der Waals surface area (Å²) in [4.78, 5) is 35.9. The van der Waals surface area contributed by atoms with E-state index < -0.39 is 0 Å². The van der Waals surface area contributed by atoms with Crippen LogP contribution in [0.15, 0.2) is 47.7 Å². The molecule has 1 aliphatic rings. The number of pyridine rings is 1. The highest BCUT2D eigenvalue weighted by Crippen LogP contribution is 2.34. The van der Waals surface area contributed by atoms with Gasteiger partial charge in [0.25, 0.3) is 11.5 Å². The molecule has 0 radical (unpaired) electrons. The molecule has 0 bridgehead atoms. The van der Waals surface area contributed by atoms with E-state index in [4.69, 9.17) is 0 Å². The summed E-state index contributed by atoms with van der Waals surface area (Å²) in [5.41, 5.74) is 2.66. The lowest BCUT2D eigenvalue weighted by atomic mass is 9.82. The van der Waals surface area contributed by atoms with Crippen molar-refractivity contribution in [2.75, 3.05) is 0 Å². The summed E-state index contributed by atoms with van der Waals surface area (Å²) in [5.74, 6) is 0.151. The van der Waals surface area contributed by atoms with Crippen LogP contribution in [0.2, 0.25) is 0 Å². The van der Waals surface area contributed by atoms with Crippen LogP contribution in [0.1, 0.15) is 47.7 Å². The first-order valence-corrected chi connectivity index (χ1v) is 9.76. The smallest absolute Gasteiger partial charge is 0.272 e. The van der Waals surface area contributed by atoms with Gasteiger partial charge < -0.3 is 10.3 Å². The van der Waals surface area contributed by atoms with Gasteiger partial charge in [-0.1, -0.05) is 18.2 Å². The van der Waals surface area contributed by atoms with Crippen molar-refractivity contribution in [3.05, 3.63) is 64.5 Å². The maximum absolute atomic E-state index is 12.6. The Kier molecular flexibility index (Phi) is 4.31. The normalized spacial score (nSPS) is 19.4. The number of fused-ring (bicyclic) bond motifs is 2. The van der Waals surface area contributed by atoms with Crippen molar-refractivity contribution in [3.63, 3.8) is 0 Å². The molecule has 5 rings (SSSR count). The van der Waals surface area contributed by atoms with Crippen molar-refractivity contribution in [3.8, 4) is 0 Å². The van der Waals surface area contributed by atoms with Crippen LogP contribution in [-0.2, 0) is 0 Å². The van der Waals surface area contributed by atoms with E-state index in [2.05, 4.69) is 30.5 Å². The first-order valence-electron chi connectivity index (χ1n) is 9.76. The summed E-state index contributed by atoms with van der Waals surface area (Å²) < 4.78 is 0. The maximum Gasteiger partial charge on any atom is 0.272 e. The number of nitrogens with one attached hydrogen (secondary N) is 3. The highest BCUT2D eigenvalue weighted by Gasteiger charge is 2.26. The number of hydrogen-bond donors (Lipinski definition) is 3. The molecule has 1 fully saturated rings. The number of carbonyl (C=O) groups excluding carboxylic acids is 1. The van der Waals surface area contributed by atoms with Gasteiger partial charge >= 0.3 is 0 Å². The van der Waals surface area contributed by atoms with Crippen molar-refractivity contribution < 1.29 is 4.79 Å². The fraction of sp³-hybridized carbons (Fsp3) is 0.286. The quantitative estimate of drug-likeness (QED) is 0.499. The van der Waals surface area contributed by atoms with Crippen molar-refractivity contribution in [1.82, 2.24) is 30.5 Å². The van der Waals surface area contributed by atoms with Crippen LogP contribution in [0.25, 0.3) is 21.9 Å². The van der Waals surface area contributed by atoms with E-state index in [0.29, 0.717) is 16.6 Å². The fourth-order valence-electron chi connectivity index (χ4n) is 4.18. The van der Waals surface area contributed by atoms with E-state index in [0.717, 1.165) is 42.3 Å². The Balaban J connectivity index is 1.28. The molecule has 3 aromatic heterocycles.